The van der Waals surface area contributed by atoms with Crippen molar-refractivity contribution in [2.45, 2.75) is 108 Å². The Kier molecular flexibility index (Phi) is 9.53. The number of hydrogen-bond acceptors (Lipinski definition) is 5. The first-order valence-corrected chi connectivity index (χ1v) is 16.8. The van der Waals surface area contributed by atoms with Crippen molar-refractivity contribution in [3.8, 4) is 0 Å². The number of aromatic carboxylic acids is 1. The number of hydrogen-bond donors (Lipinski definition) is 0. The van der Waals surface area contributed by atoms with Crippen molar-refractivity contribution in [1.82, 2.24) is 0 Å². The fourth-order valence-electron chi connectivity index (χ4n) is 5.84. The van der Waals surface area contributed by atoms with E-state index in [1.165, 1.54) is 11.8 Å². The van der Waals surface area contributed by atoms with Crippen LogP contribution in [-0.4, -0.2) is 30.7 Å². The van der Waals surface area contributed by atoms with Gasteiger partial charge < -0.3 is 14.3 Å². The Morgan fingerprint density at radius 2 is 1.20 bits per heavy atom. The first-order chi connectivity index (χ1) is 14.6. The molecule has 167 valence electrons. The molecule has 0 spiro atoms. The molecule has 7 heteroatoms. The van der Waals surface area contributed by atoms with E-state index in [1.807, 2.05) is 0 Å². The molecule has 0 saturated heterocycles. The van der Waals surface area contributed by atoms with Crippen molar-refractivity contribution in [3.63, 3.8) is 0 Å². The molecule has 0 bridgehead atoms. The Morgan fingerprint density at radius 1 is 0.800 bits per heavy atom. The number of carboxylic acids is 1. The van der Waals surface area contributed by atoms with Crippen LogP contribution in [0.4, 0.5) is 5.88 Å². The summed E-state index contributed by atoms with van der Waals surface area (Å²) >= 11 is -1.15. The molecular formula is C23H35NO5Sn-. The van der Waals surface area contributed by atoms with E-state index in [1.54, 1.807) is 96.3 Å². The van der Waals surface area contributed by atoms with Gasteiger partial charge in [0, 0.05) is 0 Å². The average molecular weight is 524 g/mol. The van der Waals surface area contributed by atoms with Crippen molar-refractivity contribution in [3.05, 3.63) is 28.0 Å². The quantitative estimate of drug-likeness (QED) is 0.266. The summed E-state index contributed by atoms with van der Waals surface area (Å²) in [5, 5.41) is 19.9. The maximum absolute atomic E-state index is 10.0. The number of carbonyl (C=O) groups is 1. The Morgan fingerprint density at radius 3 is 1.47 bits per heavy atom. The number of carbonyl (C=O) groups excluding carboxylic acids is 1. The zero-order valence-corrected chi connectivity index (χ0v) is 20.8. The van der Waals surface area contributed by atoms with Crippen LogP contribution in [0.1, 0.15) is 107 Å². The minimum Gasteiger partial charge on any atom is -0.542 e. The fraction of sp³-hybridized carbons (Fsp3) is 0.783. The van der Waals surface area contributed by atoms with Gasteiger partial charge >= 0.3 is 134 Å². The van der Waals surface area contributed by atoms with Gasteiger partial charge in [0.1, 0.15) is 10.9 Å². The minimum absolute atomic E-state index is 0.545. The zero-order valence-electron chi connectivity index (χ0n) is 18.0. The van der Waals surface area contributed by atoms with Crippen LogP contribution in [0, 0.1) is 10.1 Å². The predicted molar refractivity (Wildman–Crippen MR) is 116 cm³/mol. The van der Waals surface area contributed by atoms with Crippen LogP contribution in [0.5, 0.6) is 0 Å². The summed E-state index contributed by atoms with van der Waals surface area (Å²) in [6, 6.07) is 1.92. The van der Waals surface area contributed by atoms with E-state index in [0.29, 0.717) is 0 Å². The molecule has 3 aliphatic rings. The van der Waals surface area contributed by atoms with E-state index in [-0.39, 0.29) is 0 Å². The molecule has 3 aliphatic carbocycles. The third kappa shape index (κ3) is 6.72. The van der Waals surface area contributed by atoms with Gasteiger partial charge in [0.2, 0.25) is 0 Å². The van der Waals surface area contributed by atoms with Gasteiger partial charge in [0.15, 0.2) is 5.76 Å². The van der Waals surface area contributed by atoms with Gasteiger partial charge in [-0.2, -0.15) is 0 Å². The third-order valence-electron chi connectivity index (χ3n) is 7.20. The molecule has 1 radical (unpaired) electrons. The summed E-state index contributed by atoms with van der Waals surface area (Å²) in [5.41, 5.74) is 0. The summed E-state index contributed by atoms with van der Waals surface area (Å²) < 4.78 is 8.21. The Balaban J connectivity index is 0.000000199. The molecule has 0 aromatic carbocycles. The topological polar surface area (TPSA) is 96.4 Å². The first kappa shape index (κ1) is 23.6. The zero-order chi connectivity index (χ0) is 21.3. The summed E-state index contributed by atoms with van der Waals surface area (Å²) in [6.45, 7) is 0. The van der Waals surface area contributed by atoms with E-state index in [0.717, 1.165) is 12.1 Å². The van der Waals surface area contributed by atoms with Crippen molar-refractivity contribution in [2.75, 3.05) is 0 Å². The predicted octanol–water partition coefficient (Wildman–Crippen LogP) is 6.04. The smallest absolute Gasteiger partial charge is 0.433 e. The molecule has 6 nitrogen and oxygen atoms in total. The van der Waals surface area contributed by atoms with Gasteiger partial charge in [-0.05, 0) is 6.07 Å². The number of nitro groups is 1. The van der Waals surface area contributed by atoms with Crippen LogP contribution in [0.25, 0.3) is 0 Å². The molecule has 4 rings (SSSR count). The van der Waals surface area contributed by atoms with Crippen LogP contribution in [0.2, 0.25) is 11.8 Å². The van der Waals surface area contributed by atoms with E-state index in [9.17, 15) is 20.0 Å². The maximum atomic E-state index is 10.0. The molecule has 1 aromatic rings. The van der Waals surface area contributed by atoms with Gasteiger partial charge in [-0.15, -0.1) is 0 Å². The maximum Gasteiger partial charge on any atom is 0.433 e. The van der Waals surface area contributed by atoms with E-state index >= 15 is 0 Å². The number of furan rings is 1. The molecule has 1 heterocycles. The SMILES string of the molecule is C1CC[CH]([Sn]([CH]2CCCCC2)[CH]2CCCCC2)CC1.O=C([O-])c1ccc([N+](=O)[O-])o1. The summed E-state index contributed by atoms with van der Waals surface area (Å²) in [4.78, 5) is 19.1. The minimum atomic E-state index is -1.57. The van der Waals surface area contributed by atoms with Crippen LogP contribution in [0.3, 0.4) is 0 Å². The molecule has 0 N–H and O–H groups in total. The second-order valence-electron chi connectivity index (χ2n) is 9.19. The molecule has 0 unspecified atom stereocenters. The summed E-state index contributed by atoms with van der Waals surface area (Å²) in [7, 11) is 0. The molecular weight excluding hydrogens is 489 g/mol. The van der Waals surface area contributed by atoms with E-state index in [4.69, 9.17) is 0 Å². The van der Waals surface area contributed by atoms with Crippen molar-refractivity contribution in [1.29, 1.82) is 0 Å². The molecule has 3 saturated carbocycles. The molecule has 3 fully saturated rings. The fourth-order valence-corrected chi connectivity index (χ4v) is 20.8. The standard InChI is InChI=1S/3C6H11.C5H3NO5.Sn/c3*1-2-4-6-5-3-1;7-5(8)3-1-2-4(11-3)6(9)10;/h3*1H,2-6H2;1-2H,(H,7,8);/p-1. The van der Waals surface area contributed by atoms with E-state index in [2.05, 4.69) is 4.42 Å². The monoisotopic (exact) mass is 525 g/mol. The molecule has 1 aromatic heterocycles. The van der Waals surface area contributed by atoms with Crippen molar-refractivity contribution >= 4 is 31.6 Å². The van der Waals surface area contributed by atoms with Crippen molar-refractivity contribution in [2.24, 2.45) is 0 Å². The van der Waals surface area contributed by atoms with Crippen LogP contribution in [-0.2, 0) is 0 Å². The second kappa shape index (κ2) is 12.1. The van der Waals surface area contributed by atoms with Crippen LogP contribution >= 0.6 is 0 Å². The Hall–Kier alpha value is -1.05. The van der Waals surface area contributed by atoms with Gasteiger partial charge in [-0.1, -0.05) is 0 Å². The van der Waals surface area contributed by atoms with Crippen molar-refractivity contribution < 1.29 is 19.2 Å². The summed E-state index contributed by atoms with van der Waals surface area (Å²) in [6.07, 6.45) is 24.2. The number of rotatable bonds is 5. The largest absolute Gasteiger partial charge is 0.542 e. The molecule has 30 heavy (non-hydrogen) atoms. The van der Waals surface area contributed by atoms with Gasteiger partial charge in [-0.3, -0.25) is 10.1 Å². The third-order valence-corrected chi connectivity index (χ3v) is 20.2. The summed E-state index contributed by atoms with van der Waals surface area (Å²) in [5.74, 6) is -2.72. The van der Waals surface area contributed by atoms with Crippen LogP contribution < -0.4 is 5.11 Å². The van der Waals surface area contributed by atoms with Crippen LogP contribution in [0.15, 0.2) is 16.5 Å². The Bertz CT molecular complexity index is 602. The molecule has 0 atom stereocenters. The Labute approximate surface area is 186 Å². The van der Waals surface area contributed by atoms with Gasteiger partial charge in [0.25, 0.3) is 0 Å². The first-order valence-electron chi connectivity index (χ1n) is 11.9. The van der Waals surface area contributed by atoms with E-state index < -0.39 is 42.3 Å². The van der Waals surface area contributed by atoms with Gasteiger partial charge in [0.05, 0.1) is 6.07 Å². The number of nitrogens with zero attached hydrogens (tertiary/aromatic N) is 1. The normalized spacial score (nSPS) is 21.8. The number of carboxylic acid groups (broad SMARTS) is 1. The van der Waals surface area contributed by atoms with Gasteiger partial charge in [-0.25, -0.2) is 0 Å². The second-order valence-corrected chi connectivity index (χ2v) is 19.0. The molecule has 0 amide bonds. The molecule has 0 aliphatic heterocycles. The average Bonchev–Trinajstić information content (AvgIpc) is 3.28.